The minimum absolute atomic E-state index is 0.0248. The second kappa shape index (κ2) is 11.1. The molecule has 9 nitrogen and oxygen atoms in total. The number of carbonyl (C=O) groups is 1. The van der Waals surface area contributed by atoms with Crippen LogP contribution in [-0.2, 0) is 17.8 Å². The van der Waals surface area contributed by atoms with Gasteiger partial charge in [-0.05, 0) is 58.0 Å². The predicted molar refractivity (Wildman–Crippen MR) is 155 cm³/mol. The molecule has 3 aliphatic heterocycles. The third-order valence-electron chi connectivity index (χ3n) is 9.04. The molecular weight excluding hydrogens is 504 g/mol. The number of rotatable bonds is 6. The van der Waals surface area contributed by atoms with Gasteiger partial charge in [-0.2, -0.15) is 9.97 Å². The Balaban J connectivity index is 1.29. The summed E-state index contributed by atoms with van der Waals surface area (Å²) in [6.45, 7) is 11.0. The highest BCUT2D eigenvalue weighted by Gasteiger charge is 2.34. The number of likely N-dealkylation sites (tertiary alicyclic amines) is 1. The number of piperazine rings is 1. The number of nitrogens with zero attached hydrogens (tertiary/aromatic N) is 6. The topological polar surface area (TPSA) is 85.3 Å². The molecule has 1 N–H and O–H groups in total. The number of fused-ring (bicyclic) bond motifs is 2. The van der Waals surface area contributed by atoms with Crippen molar-refractivity contribution in [3.63, 3.8) is 0 Å². The van der Waals surface area contributed by atoms with Crippen LogP contribution >= 0.6 is 0 Å². The number of aliphatic hydroxyl groups excluding tert-OH is 1. The number of aliphatic hydroxyl groups is 1. The third-order valence-corrected chi connectivity index (χ3v) is 9.04. The van der Waals surface area contributed by atoms with E-state index in [1.165, 1.54) is 12.5 Å². The minimum Gasteiger partial charge on any atom is -0.508 e. The molecule has 0 spiro atoms. The summed E-state index contributed by atoms with van der Waals surface area (Å²) in [6.07, 6.45) is 16.8. The van der Waals surface area contributed by atoms with Gasteiger partial charge < -0.3 is 24.5 Å². The lowest BCUT2D eigenvalue weighted by Crippen LogP contribution is -2.49. The molecule has 1 amide bonds. The van der Waals surface area contributed by atoms with Crippen LogP contribution in [0.5, 0.6) is 6.01 Å². The van der Waals surface area contributed by atoms with E-state index < -0.39 is 0 Å². The number of amides is 1. The molecule has 9 heteroatoms. The molecule has 40 heavy (non-hydrogen) atoms. The number of ether oxygens (including phenoxy) is 1. The van der Waals surface area contributed by atoms with Gasteiger partial charge in [0, 0.05) is 61.9 Å². The highest BCUT2D eigenvalue weighted by atomic mass is 16.5. The number of anilines is 1. The molecule has 2 aliphatic carbocycles. The van der Waals surface area contributed by atoms with Crippen molar-refractivity contribution in [2.24, 2.45) is 11.8 Å². The van der Waals surface area contributed by atoms with Crippen molar-refractivity contribution in [3.8, 4) is 6.01 Å². The summed E-state index contributed by atoms with van der Waals surface area (Å²) in [7, 11) is 2.16. The summed E-state index contributed by atoms with van der Waals surface area (Å²) in [4.78, 5) is 31.0. The fourth-order valence-electron chi connectivity index (χ4n) is 6.84. The lowest BCUT2D eigenvalue weighted by atomic mass is 9.81. The van der Waals surface area contributed by atoms with E-state index in [-0.39, 0.29) is 23.8 Å². The van der Waals surface area contributed by atoms with E-state index in [4.69, 9.17) is 14.7 Å². The Morgan fingerprint density at radius 2 is 1.93 bits per heavy atom. The van der Waals surface area contributed by atoms with Crippen molar-refractivity contribution >= 4 is 11.7 Å². The first-order valence-corrected chi connectivity index (χ1v) is 14.6. The largest absolute Gasteiger partial charge is 0.508 e. The minimum atomic E-state index is -0.0264. The number of likely N-dealkylation sites (N-methyl/N-ethyl adjacent to an activating group) is 1. The Morgan fingerprint density at radius 1 is 1.12 bits per heavy atom. The van der Waals surface area contributed by atoms with Crippen molar-refractivity contribution in [3.05, 3.63) is 71.8 Å². The maximum absolute atomic E-state index is 12.2. The summed E-state index contributed by atoms with van der Waals surface area (Å²) in [5, 5.41) is 10.5. The van der Waals surface area contributed by atoms with E-state index in [0.29, 0.717) is 50.5 Å². The first-order valence-electron chi connectivity index (χ1n) is 14.6. The van der Waals surface area contributed by atoms with Crippen molar-refractivity contribution in [1.82, 2.24) is 24.7 Å². The lowest BCUT2D eigenvalue weighted by molar-refractivity contribution is -0.126. The van der Waals surface area contributed by atoms with Gasteiger partial charge in [0.2, 0.25) is 5.91 Å². The summed E-state index contributed by atoms with van der Waals surface area (Å²) in [5.41, 5.74) is 3.26. The molecule has 4 atom stereocenters. The average Bonchev–Trinajstić information content (AvgIpc) is 3.41. The van der Waals surface area contributed by atoms with Gasteiger partial charge in [0.25, 0.3) is 0 Å². The highest BCUT2D eigenvalue weighted by Crippen LogP contribution is 2.38. The standard InChI is InChI=1S/C31H40N6O3/c1-4-29(39)35-14-16-36(17-15-35)30-25-11-13-37(28-19-23(38)18-22-8-5-6-9-24(22)28)20-26(25)32-31(33-30)40-21(2)27-10-7-12-34(27)3/h4-6,8-9,18-19,21-22,24,27,38H,1,7,10-17,20H2,2-3H3/t21-,22?,24?,27?/m1/s1. The number of hydrogen-bond acceptors (Lipinski definition) is 8. The van der Waals surface area contributed by atoms with Crippen LogP contribution in [0.2, 0.25) is 0 Å². The maximum Gasteiger partial charge on any atom is 0.318 e. The Kier molecular flexibility index (Phi) is 7.40. The Hall–Kier alpha value is -3.59. The van der Waals surface area contributed by atoms with Crippen LogP contribution in [0.4, 0.5) is 5.82 Å². The zero-order valence-corrected chi connectivity index (χ0v) is 23.6. The van der Waals surface area contributed by atoms with Crippen molar-refractivity contribution in [2.45, 2.75) is 44.9 Å². The summed E-state index contributed by atoms with van der Waals surface area (Å²) in [6, 6.07) is 0.769. The van der Waals surface area contributed by atoms with Crippen LogP contribution in [0, 0.1) is 11.8 Å². The van der Waals surface area contributed by atoms with E-state index in [1.54, 1.807) is 0 Å². The van der Waals surface area contributed by atoms with E-state index in [9.17, 15) is 9.90 Å². The number of hydrogen-bond donors (Lipinski definition) is 1. The first-order chi connectivity index (χ1) is 19.4. The van der Waals surface area contributed by atoms with Gasteiger partial charge in [-0.1, -0.05) is 30.9 Å². The summed E-state index contributed by atoms with van der Waals surface area (Å²) < 4.78 is 6.46. The molecule has 0 radical (unpaired) electrons. The highest BCUT2D eigenvalue weighted by molar-refractivity contribution is 5.87. The molecule has 2 saturated heterocycles. The molecule has 0 bridgehead atoms. The zero-order chi connectivity index (χ0) is 27.8. The number of carbonyl (C=O) groups excluding carboxylic acids is 1. The van der Waals surface area contributed by atoms with Gasteiger partial charge in [-0.3, -0.25) is 9.69 Å². The molecule has 212 valence electrons. The molecule has 0 aromatic carbocycles. The van der Waals surface area contributed by atoms with Crippen LogP contribution in [0.15, 0.2) is 60.6 Å². The molecule has 5 aliphatic rings. The van der Waals surface area contributed by atoms with Crippen molar-refractivity contribution < 1.29 is 14.6 Å². The van der Waals surface area contributed by atoms with E-state index >= 15 is 0 Å². The van der Waals surface area contributed by atoms with Crippen LogP contribution in [0.1, 0.15) is 31.0 Å². The fourth-order valence-corrected chi connectivity index (χ4v) is 6.84. The van der Waals surface area contributed by atoms with Gasteiger partial charge in [0.1, 0.15) is 17.7 Å². The smallest absolute Gasteiger partial charge is 0.318 e. The van der Waals surface area contributed by atoms with Crippen LogP contribution in [0.25, 0.3) is 0 Å². The number of allylic oxidation sites excluding steroid dienone is 6. The molecule has 1 aromatic rings. The SMILES string of the molecule is C=CC(=O)N1CCN(c2nc(O[C@H](C)C3CCCN3C)nc3c2CCN(C2=CC(O)=CC4C=CC=CC24)C3)CC1. The molecule has 0 saturated carbocycles. The van der Waals surface area contributed by atoms with Crippen LogP contribution in [0.3, 0.4) is 0 Å². The van der Waals surface area contributed by atoms with Crippen molar-refractivity contribution in [1.29, 1.82) is 0 Å². The molecular formula is C31H40N6O3. The Labute approximate surface area is 236 Å². The maximum atomic E-state index is 12.2. The van der Waals surface area contributed by atoms with Crippen molar-refractivity contribution in [2.75, 3.05) is 51.2 Å². The van der Waals surface area contributed by atoms with E-state index in [2.05, 4.69) is 53.5 Å². The van der Waals surface area contributed by atoms with Gasteiger partial charge in [0.15, 0.2) is 0 Å². The molecule has 3 unspecified atom stereocenters. The van der Waals surface area contributed by atoms with Gasteiger partial charge in [-0.15, -0.1) is 0 Å². The molecule has 2 fully saturated rings. The Bertz CT molecular complexity index is 1280. The normalized spacial score (nSPS) is 27.1. The third kappa shape index (κ3) is 5.14. The second-order valence-corrected chi connectivity index (χ2v) is 11.5. The predicted octanol–water partition coefficient (Wildman–Crippen LogP) is 3.23. The summed E-state index contributed by atoms with van der Waals surface area (Å²) in [5.74, 6) is 1.58. The molecule has 4 heterocycles. The van der Waals surface area contributed by atoms with E-state index in [1.807, 2.05) is 23.1 Å². The van der Waals surface area contributed by atoms with Crippen LogP contribution < -0.4 is 9.64 Å². The van der Waals surface area contributed by atoms with E-state index in [0.717, 1.165) is 48.7 Å². The molecule has 6 rings (SSSR count). The number of aromatic nitrogens is 2. The Morgan fingerprint density at radius 3 is 2.67 bits per heavy atom. The first kappa shape index (κ1) is 26.6. The van der Waals surface area contributed by atoms with Gasteiger partial charge in [-0.25, -0.2) is 0 Å². The van der Waals surface area contributed by atoms with Gasteiger partial charge in [0.05, 0.1) is 12.2 Å². The summed E-state index contributed by atoms with van der Waals surface area (Å²) >= 11 is 0. The monoisotopic (exact) mass is 544 g/mol. The lowest BCUT2D eigenvalue weighted by Gasteiger charge is -2.40. The fraction of sp³-hybridized carbons (Fsp3) is 0.516. The molecule has 1 aromatic heterocycles. The van der Waals surface area contributed by atoms with Gasteiger partial charge >= 0.3 is 6.01 Å². The van der Waals surface area contributed by atoms with Crippen LogP contribution in [-0.4, -0.2) is 94.1 Å². The average molecular weight is 545 g/mol. The quantitative estimate of drug-likeness (QED) is 0.547. The second-order valence-electron chi connectivity index (χ2n) is 11.5. The zero-order valence-electron chi connectivity index (χ0n) is 23.6.